The van der Waals surface area contributed by atoms with Crippen LogP contribution in [0.2, 0.25) is 0 Å². The largest absolute Gasteiger partial charge is 0.357 e. The monoisotopic (exact) mass is 297 g/mol. The van der Waals surface area contributed by atoms with Crippen molar-refractivity contribution < 1.29 is 0 Å². The van der Waals surface area contributed by atoms with E-state index in [4.69, 9.17) is 0 Å². The van der Waals surface area contributed by atoms with Crippen molar-refractivity contribution in [1.29, 1.82) is 0 Å². The number of hydrogen-bond donors (Lipinski definition) is 0. The van der Waals surface area contributed by atoms with E-state index in [-0.39, 0.29) is 0 Å². The maximum Gasteiger partial charge on any atom is 0.128 e. The van der Waals surface area contributed by atoms with E-state index < -0.39 is 0 Å². The second kappa shape index (κ2) is 6.28. The van der Waals surface area contributed by atoms with Crippen LogP contribution in [0.25, 0.3) is 0 Å². The van der Waals surface area contributed by atoms with E-state index in [1.54, 1.807) is 11.3 Å². The first-order valence-electron chi connectivity index (χ1n) is 7.36. The molecule has 3 nitrogen and oxygen atoms in total. The van der Waals surface area contributed by atoms with Crippen molar-refractivity contribution in [3.63, 3.8) is 0 Å². The zero-order valence-electron chi connectivity index (χ0n) is 12.5. The fourth-order valence-corrected chi connectivity index (χ4v) is 2.99. The molecule has 2 aromatic heterocycles. The number of rotatable bonds is 1. The van der Waals surface area contributed by atoms with Gasteiger partial charge in [0.2, 0.25) is 0 Å². The van der Waals surface area contributed by atoms with E-state index in [9.17, 15) is 0 Å². The Morgan fingerprint density at radius 3 is 2.67 bits per heavy atom. The van der Waals surface area contributed by atoms with Gasteiger partial charge in [-0.25, -0.2) is 9.97 Å². The molecule has 0 saturated carbocycles. The molecule has 1 aliphatic heterocycles. The smallest absolute Gasteiger partial charge is 0.128 e. The molecule has 108 valence electrons. The number of anilines is 1. The summed E-state index contributed by atoms with van der Waals surface area (Å²) in [4.78, 5) is 11.3. The molecule has 21 heavy (non-hydrogen) atoms. The summed E-state index contributed by atoms with van der Waals surface area (Å²) >= 11 is 1.63. The Labute approximate surface area is 130 Å². The molecule has 1 fully saturated rings. The molecule has 3 heterocycles. The molecule has 0 atom stereocenters. The number of hydrogen-bond acceptors (Lipinski definition) is 4. The van der Waals surface area contributed by atoms with Gasteiger partial charge in [-0.15, -0.1) is 11.3 Å². The van der Waals surface area contributed by atoms with Gasteiger partial charge in [-0.2, -0.15) is 0 Å². The number of aryl methyl sites for hydroxylation is 1. The predicted molar refractivity (Wildman–Crippen MR) is 87.7 cm³/mol. The highest BCUT2D eigenvalue weighted by molar-refractivity contribution is 7.09. The average molecular weight is 297 g/mol. The first-order chi connectivity index (χ1) is 10.2. The van der Waals surface area contributed by atoms with E-state index in [1.165, 1.54) is 12.8 Å². The lowest BCUT2D eigenvalue weighted by Crippen LogP contribution is -2.33. The molecular formula is C17H19N3S. The number of pyridine rings is 1. The van der Waals surface area contributed by atoms with Gasteiger partial charge >= 0.3 is 0 Å². The van der Waals surface area contributed by atoms with Gasteiger partial charge in [-0.05, 0) is 43.7 Å². The third-order valence-corrected chi connectivity index (χ3v) is 4.58. The van der Waals surface area contributed by atoms with Gasteiger partial charge < -0.3 is 4.90 Å². The third kappa shape index (κ3) is 3.62. The molecule has 0 aliphatic carbocycles. The summed E-state index contributed by atoms with van der Waals surface area (Å²) in [5.41, 5.74) is 1.78. The van der Waals surface area contributed by atoms with Crippen LogP contribution in [0.1, 0.15) is 36.0 Å². The van der Waals surface area contributed by atoms with Crippen molar-refractivity contribution in [2.45, 2.75) is 26.7 Å². The SMILES string of the molecule is Cc1nc(C#Cc2ccc(N3CCC(C)CC3)nc2)cs1. The third-order valence-electron chi connectivity index (χ3n) is 3.81. The number of nitrogens with zero attached hydrogens (tertiary/aromatic N) is 3. The van der Waals surface area contributed by atoms with Gasteiger partial charge in [0.05, 0.1) is 5.01 Å². The van der Waals surface area contributed by atoms with Gasteiger partial charge in [-0.1, -0.05) is 12.8 Å². The zero-order valence-corrected chi connectivity index (χ0v) is 13.3. The van der Waals surface area contributed by atoms with Crippen LogP contribution in [0, 0.1) is 24.7 Å². The molecule has 0 bridgehead atoms. The first-order valence-corrected chi connectivity index (χ1v) is 8.24. The fourth-order valence-electron chi connectivity index (χ4n) is 2.44. The van der Waals surface area contributed by atoms with Gasteiger partial charge in [0.1, 0.15) is 11.5 Å². The minimum atomic E-state index is 0.839. The molecule has 0 unspecified atom stereocenters. The van der Waals surface area contributed by atoms with Crippen LogP contribution in [0.4, 0.5) is 5.82 Å². The van der Waals surface area contributed by atoms with E-state index in [1.807, 2.05) is 24.6 Å². The van der Waals surface area contributed by atoms with Crippen LogP contribution >= 0.6 is 11.3 Å². The van der Waals surface area contributed by atoms with Gasteiger partial charge in [0.15, 0.2) is 0 Å². The lowest BCUT2D eigenvalue weighted by Gasteiger charge is -2.31. The molecular weight excluding hydrogens is 278 g/mol. The van der Waals surface area contributed by atoms with Crippen LogP contribution in [-0.4, -0.2) is 23.1 Å². The highest BCUT2D eigenvalue weighted by atomic mass is 32.1. The van der Waals surface area contributed by atoms with Gasteiger partial charge in [0, 0.05) is 30.2 Å². The Morgan fingerprint density at radius 1 is 1.24 bits per heavy atom. The Bertz CT molecular complexity index is 655. The lowest BCUT2D eigenvalue weighted by molar-refractivity contribution is 0.436. The Hall–Kier alpha value is -1.86. The molecule has 0 N–H and O–H groups in total. The maximum atomic E-state index is 4.55. The van der Waals surface area contributed by atoms with E-state index >= 15 is 0 Å². The molecule has 0 amide bonds. The first kappa shape index (κ1) is 14.1. The second-order valence-corrected chi connectivity index (χ2v) is 6.64. The van der Waals surface area contributed by atoms with Crippen LogP contribution in [0.3, 0.4) is 0 Å². The highest BCUT2D eigenvalue weighted by Gasteiger charge is 2.16. The predicted octanol–water partition coefficient (Wildman–Crippen LogP) is 3.48. The van der Waals surface area contributed by atoms with Crippen LogP contribution < -0.4 is 4.90 Å². The molecule has 3 rings (SSSR count). The van der Waals surface area contributed by atoms with E-state index in [2.05, 4.69) is 39.7 Å². The van der Waals surface area contributed by atoms with Crippen molar-refractivity contribution in [2.75, 3.05) is 18.0 Å². The van der Waals surface area contributed by atoms with Crippen molar-refractivity contribution in [3.8, 4) is 11.8 Å². The summed E-state index contributed by atoms with van der Waals surface area (Å²) in [5.74, 6) is 8.11. The van der Waals surface area contributed by atoms with Crippen LogP contribution in [0.5, 0.6) is 0 Å². The van der Waals surface area contributed by atoms with Gasteiger partial charge in [0.25, 0.3) is 0 Å². The minimum absolute atomic E-state index is 0.839. The molecule has 0 spiro atoms. The summed E-state index contributed by atoms with van der Waals surface area (Å²) in [6.07, 6.45) is 4.37. The Morgan fingerprint density at radius 2 is 2.05 bits per heavy atom. The Kier molecular flexibility index (Phi) is 4.21. The Balaban J connectivity index is 1.68. The molecule has 1 aliphatic rings. The van der Waals surface area contributed by atoms with Crippen LogP contribution in [-0.2, 0) is 0 Å². The number of thiazole rings is 1. The maximum absolute atomic E-state index is 4.55. The quantitative estimate of drug-likeness (QED) is 0.755. The van der Waals surface area contributed by atoms with Crippen molar-refractivity contribution in [3.05, 3.63) is 40.0 Å². The minimum Gasteiger partial charge on any atom is -0.357 e. The fraction of sp³-hybridized carbons (Fsp3) is 0.412. The average Bonchev–Trinajstić information content (AvgIpc) is 2.92. The molecule has 1 saturated heterocycles. The van der Waals surface area contributed by atoms with E-state index in [0.29, 0.717) is 0 Å². The second-order valence-electron chi connectivity index (χ2n) is 5.58. The zero-order chi connectivity index (χ0) is 14.7. The summed E-state index contributed by atoms with van der Waals surface area (Å²) in [6, 6.07) is 4.12. The summed E-state index contributed by atoms with van der Waals surface area (Å²) in [6.45, 7) is 6.53. The molecule has 4 heteroatoms. The van der Waals surface area contributed by atoms with Crippen molar-refractivity contribution in [2.24, 2.45) is 5.92 Å². The topological polar surface area (TPSA) is 29.0 Å². The molecule has 0 aromatic carbocycles. The highest BCUT2D eigenvalue weighted by Crippen LogP contribution is 2.21. The van der Waals surface area contributed by atoms with Crippen molar-refractivity contribution >= 4 is 17.2 Å². The molecule has 0 radical (unpaired) electrons. The lowest BCUT2D eigenvalue weighted by atomic mass is 9.99. The van der Waals surface area contributed by atoms with Crippen molar-refractivity contribution in [1.82, 2.24) is 9.97 Å². The van der Waals surface area contributed by atoms with Gasteiger partial charge in [-0.3, -0.25) is 0 Å². The summed E-state index contributed by atoms with van der Waals surface area (Å²) < 4.78 is 0. The standard InChI is InChI=1S/C17H19N3S/c1-13-7-9-20(10-8-13)17-6-4-15(11-18-17)3-5-16-12-21-14(2)19-16/h4,6,11-13H,7-10H2,1-2H3. The normalized spacial score (nSPS) is 15.6. The summed E-state index contributed by atoms with van der Waals surface area (Å²) in [5, 5.41) is 3.03. The number of piperidine rings is 1. The molecule has 2 aromatic rings. The number of aromatic nitrogens is 2. The van der Waals surface area contributed by atoms with Crippen LogP contribution in [0.15, 0.2) is 23.7 Å². The van der Waals surface area contributed by atoms with E-state index in [0.717, 1.165) is 41.1 Å². The summed E-state index contributed by atoms with van der Waals surface area (Å²) in [7, 11) is 0.